The molecule has 2 aromatic heterocycles. The largest absolute Gasteiger partial charge is 0.344 e. The van der Waals surface area contributed by atoms with E-state index in [1.807, 2.05) is 22.7 Å². The van der Waals surface area contributed by atoms with Gasteiger partial charge in [-0.2, -0.15) is 0 Å². The summed E-state index contributed by atoms with van der Waals surface area (Å²) >= 11 is 3.72. The maximum absolute atomic E-state index is 2.36. The van der Waals surface area contributed by atoms with Crippen molar-refractivity contribution in [3.05, 3.63) is 153 Å². The third-order valence-corrected chi connectivity index (χ3v) is 10.6. The maximum atomic E-state index is 2.36. The first kappa shape index (κ1) is 25.1. The van der Waals surface area contributed by atoms with Gasteiger partial charge in [0.15, 0.2) is 0 Å². The van der Waals surface area contributed by atoms with E-state index in [4.69, 9.17) is 0 Å². The summed E-state index contributed by atoms with van der Waals surface area (Å²) in [5.41, 5.74) is 12.6. The second-order valence-electron chi connectivity index (χ2n) is 10.7. The highest BCUT2D eigenvalue weighted by Gasteiger charge is 2.25. The molecule has 42 heavy (non-hydrogen) atoms. The van der Waals surface area contributed by atoms with E-state index in [1.165, 1.54) is 75.7 Å². The second kappa shape index (κ2) is 10.0. The fourth-order valence-corrected chi connectivity index (χ4v) is 8.24. The van der Waals surface area contributed by atoms with Crippen molar-refractivity contribution in [1.82, 2.24) is 0 Å². The Morgan fingerprint density at radius 1 is 0.405 bits per heavy atom. The van der Waals surface area contributed by atoms with Gasteiger partial charge in [-0.3, -0.25) is 0 Å². The molecule has 0 atom stereocenters. The number of benzene rings is 4. The Morgan fingerprint density at radius 2 is 0.714 bits per heavy atom. The van der Waals surface area contributed by atoms with E-state index in [-0.39, 0.29) is 0 Å². The van der Waals surface area contributed by atoms with E-state index < -0.39 is 0 Å². The SMILES string of the molecule is CN1c2ccccc2C(=Cc2ccc(-c3ccc(C=C4c5ccccc5N(C)c5ccccc54)s3)s2)c2ccccc21. The van der Waals surface area contributed by atoms with Crippen LogP contribution in [0.2, 0.25) is 0 Å². The number of hydrogen-bond donors (Lipinski definition) is 0. The number of hydrogen-bond acceptors (Lipinski definition) is 4. The number of anilines is 4. The normalized spacial score (nSPS) is 13.3. The highest BCUT2D eigenvalue weighted by molar-refractivity contribution is 7.23. The van der Waals surface area contributed by atoms with E-state index in [0.29, 0.717) is 0 Å². The predicted octanol–water partition coefficient (Wildman–Crippen LogP) is 10.8. The average molecular weight is 577 g/mol. The van der Waals surface area contributed by atoms with Gasteiger partial charge in [-0.1, -0.05) is 72.8 Å². The molecule has 2 aliphatic heterocycles. The fraction of sp³-hybridized carbons (Fsp3) is 0.0526. The molecule has 2 aliphatic rings. The van der Waals surface area contributed by atoms with E-state index >= 15 is 0 Å². The van der Waals surface area contributed by atoms with Gasteiger partial charge in [-0.05, 0) is 71.8 Å². The van der Waals surface area contributed by atoms with Gasteiger partial charge < -0.3 is 9.80 Å². The third-order valence-electron chi connectivity index (χ3n) is 8.29. The molecular weight excluding hydrogens is 549 g/mol. The molecule has 0 saturated carbocycles. The molecule has 0 unspecified atom stereocenters. The Morgan fingerprint density at radius 3 is 1.05 bits per heavy atom. The highest BCUT2D eigenvalue weighted by atomic mass is 32.1. The Labute approximate surface area is 254 Å². The van der Waals surface area contributed by atoms with Gasteiger partial charge in [0.1, 0.15) is 0 Å². The topological polar surface area (TPSA) is 6.48 Å². The zero-order valence-corrected chi connectivity index (χ0v) is 25.0. The van der Waals surface area contributed by atoms with Crippen LogP contribution in [0.4, 0.5) is 22.7 Å². The lowest BCUT2D eigenvalue weighted by Gasteiger charge is -2.31. The summed E-state index contributed by atoms with van der Waals surface area (Å²) in [6.45, 7) is 0. The van der Waals surface area contributed by atoms with E-state index in [1.54, 1.807) is 0 Å². The van der Waals surface area contributed by atoms with Gasteiger partial charge in [0.25, 0.3) is 0 Å². The van der Waals surface area contributed by atoms with Gasteiger partial charge in [-0.15, -0.1) is 22.7 Å². The fourth-order valence-electron chi connectivity index (χ4n) is 6.25. The number of fused-ring (bicyclic) bond motifs is 4. The highest BCUT2D eigenvalue weighted by Crippen LogP contribution is 2.47. The van der Waals surface area contributed by atoms with Crippen LogP contribution in [0.3, 0.4) is 0 Å². The summed E-state index contributed by atoms with van der Waals surface area (Å²) in [6, 6.07) is 43.9. The summed E-state index contributed by atoms with van der Waals surface area (Å²) in [5, 5.41) is 0. The van der Waals surface area contributed by atoms with Crippen LogP contribution in [0, 0.1) is 0 Å². The minimum absolute atomic E-state index is 1.24. The first-order valence-corrected chi connectivity index (χ1v) is 15.8. The van der Waals surface area contributed by atoms with Crippen molar-refractivity contribution in [3.63, 3.8) is 0 Å². The number of rotatable bonds is 3. The minimum Gasteiger partial charge on any atom is -0.344 e. The third kappa shape index (κ3) is 4.06. The minimum atomic E-state index is 1.24. The zero-order valence-electron chi connectivity index (χ0n) is 23.4. The Kier molecular flexibility index (Phi) is 5.99. The quantitative estimate of drug-likeness (QED) is 0.207. The van der Waals surface area contributed by atoms with Gasteiger partial charge >= 0.3 is 0 Å². The predicted molar refractivity (Wildman–Crippen MR) is 183 cm³/mol. The Hall–Kier alpha value is -4.64. The van der Waals surface area contributed by atoms with E-state index in [2.05, 4.69) is 157 Å². The molecule has 6 aromatic rings. The number of thiophene rings is 2. The molecule has 202 valence electrons. The van der Waals surface area contributed by atoms with Crippen LogP contribution in [0.25, 0.3) is 33.1 Å². The van der Waals surface area contributed by atoms with Crippen molar-refractivity contribution in [1.29, 1.82) is 0 Å². The molecule has 0 aliphatic carbocycles. The van der Waals surface area contributed by atoms with Gasteiger partial charge in [0.05, 0.1) is 0 Å². The van der Waals surface area contributed by atoms with Crippen LogP contribution in [-0.4, -0.2) is 14.1 Å². The van der Waals surface area contributed by atoms with Gasteiger partial charge in [-0.25, -0.2) is 0 Å². The molecule has 0 saturated heterocycles. The van der Waals surface area contributed by atoms with Crippen molar-refractivity contribution in [3.8, 4) is 9.75 Å². The molecule has 0 spiro atoms. The van der Waals surface area contributed by atoms with Crippen LogP contribution < -0.4 is 9.80 Å². The van der Waals surface area contributed by atoms with Gasteiger partial charge in [0.2, 0.25) is 0 Å². The van der Waals surface area contributed by atoms with Crippen molar-refractivity contribution in [2.24, 2.45) is 0 Å². The Bertz CT molecular complexity index is 1790. The molecule has 4 heteroatoms. The lowest BCUT2D eigenvalue weighted by Crippen LogP contribution is -2.17. The van der Waals surface area contributed by atoms with Crippen molar-refractivity contribution >= 4 is 68.7 Å². The van der Waals surface area contributed by atoms with Crippen LogP contribution in [0.5, 0.6) is 0 Å². The summed E-state index contributed by atoms with van der Waals surface area (Å²) in [4.78, 5) is 9.72. The van der Waals surface area contributed by atoms with E-state index in [9.17, 15) is 0 Å². The molecule has 8 rings (SSSR count). The summed E-state index contributed by atoms with van der Waals surface area (Å²) in [5.74, 6) is 0. The molecule has 2 nitrogen and oxygen atoms in total. The first-order valence-electron chi connectivity index (χ1n) is 14.1. The molecular formula is C38H28N2S2. The molecule has 0 N–H and O–H groups in total. The zero-order chi connectivity index (χ0) is 28.2. The van der Waals surface area contributed by atoms with Crippen molar-refractivity contribution < 1.29 is 0 Å². The van der Waals surface area contributed by atoms with Crippen molar-refractivity contribution in [2.75, 3.05) is 23.9 Å². The average Bonchev–Trinajstić information content (AvgIpc) is 3.71. The van der Waals surface area contributed by atoms with Crippen LogP contribution in [0.15, 0.2) is 121 Å². The molecule has 0 bridgehead atoms. The second-order valence-corrected chi connectivity index (χ2v) is 12.9. The van der Waals surface area contributed by atoms with Gasteiger partial charge in [0, 0.05) is 78.6 Å². The molecule has 0 radical (unpaired) electrons. The first-order chi connectivity index (χ1) is 20.7. The monoisotopic (exact) mass is 576 g/mol. The van der Waals surface area contributed by atoms with Crippen LogP contribution >= 0.6 is 22.7 Å². The number of para-hydroxylation sites is 4. The summed E-state index contributed by atoms with van der Waals surface area (Å²) in [7, 11) is 4.31. The summed E-state index contributed by atoms with van der Waals surface area (Å²) in [6.07, 6.45) is 4.73. The van der Waals surface area contributed by atoms with Crippen LogP contribution in [0.1, 0.15) is 32.0 Å². The molecule has 0 fully saturated rings. The molecule has 4 aromatic carbocycles. The lowest BCUT2D eigenvalue weighted by molar-refractivity contribution is 1.17. The smallest absolute Gasteiger partial charge is 0.0488 e. The number of nitrogens with zero attached hydrogens (tertiary/aromatic N) is 2. The maximum Gasteiger partial charge on any atom is 0.0488 e. The summed E-state index contributed by atoms with van der Waals surface area (Å²) < 4.78 is 0. The van der Waals surface area contributed by atoms with Crippen LogP contribution in [-0.2, 0) is 0 Å². The lowest BCUT2D eigenvalue weighted by atomic mass is 9.90. The Balaban J connectivity index is 1.16. The molecule has 0 amide bonds. The molecule has 4 heterocycles. The van der Waals surface area contributed by atoms with Crippen molar-refractivity contribution in [2.45, 2.75) is 0 Å². The standard InChI is InChI=1S/C38H28N2S2/c1-39-33-15-7-3-11-27(33)31(28-12-4-8-16-34(28)39)23-25-19-21-37(41-25)38-22-20-26(42-38)24-32-29-13-5-9-17-35(29)40(2)36-18-10-6-14-30(32)36/h3-24H,1-2H3. The van der Waals surface area contributed by atoms with E-state index in [0.717, 1.165) is 0 Å².